The Bertz CT molecular complexity index is 629. The number of benzene rings is 1. The fourth-order valence-corrected chi connectivity index (χ4v) is 2.56. The van der Waals surface area contributed by atoms with E-state index in [1.807, 2.05) is 30.5 Å². The highest BCUT2D eigenvalue weighted by molar-refractivity contribution is 5.66. The highest BCUT2D eigenvalue weighted by Gasteiger charge is 2.22. The molecule has 5 heteroatoms. The van der Waals surface area contributed by atoms with Crippen LogP contribution in [0.5, 0.6) is 5.75 Å². The highest BCUT2D eigenvalue weighted by atomic mass is 16.5. The summed E-state index contributed by atoms with van der Waals surface area (Å²) in [4.78, 5) is 11.3. The summed E-state index contributed by atoms with van der Waals surface area (Å²) in [7, 11) is 0. The molecule has 0 saturated heterocycles. The molecule has 1 N–H and O–H groups in total. The average molecular weight is 254 g/mol. The fourth-order valence-electron chi connectivity index (χ4n) is 2.56. The van der Waals surface area contributed by atoms with E-state index in [1.165, 1.54) is 5.56 Å². The normalized spacial score (nSPS) is 16.7. The van der Waals surface area contributed by atoms with Crippen molar-refractivity contribution in [3.63, 3.8) is 0 Å². The fraction of sp³-hybridized carbons (Fsp3) is 0.286. The Morgan fingerprint density at radius 1 is 1.21 bits per heavy atom. The number of nitrogens with zero attached hydrogens (tertiary/aromatic N) is 3. The molecule has 1 aromatic heterocycles. The lowest BCUT2D eigenvalue weighted by atomic mass is 10.2. The first-order valence-electron chi connectivity index (χ1n) is 6.47. The average Bonchev–Trinajstić information content (AvgIpc) is 2.94. The minimum atomic E-state index is 0.662. The third-order valence-corrected chi connectivity index (χ3v) is 3.52. The smallest absolute Gasteiger partial charge is 0.230 e. The summed E-state index contributed by atoms with van der Waals surface area (Å²) in [6, 6.07) is 8.02. The van der Waals surface area contributed by atoms with Crippen molar-refractivity contribution in [2.75, 3.05) is 18.1 Å². The molecule has 0 radical (unpaired) electrons. The van der Waals surface area contributed by atoms with Crippen LogP contribution in [0.15, 0.2) is 30.5 Å². The summed E-state index contributed by atoms with van der Waals surface area (Å²) in [5.74, 6) is 1.66. The third-order valence-electron chi connectivity index (χ3n) is 3.52. The minimum Gasteiger partial charge on any atom is -0.490 e. The van der Waals surface area contributed by atoms with Crippen LogP contribution in [-0.4, -0.2) is 23.1 Å². The molecule has 2 aromatic rings. The van der Waals surface area contributed by atoms with E-state index in [-0.39, 0.29) is 0 Å². The molecular weight excluding hydrogens is 240 g/mol. The van der Waals surface area contributed by atoms with E-state index < -0.39 is 0 Å². The second kappa shape index (κ2) is 4.20. The zero-order chi connectivity index (χ0) is 12.7. The lowest BCUT2D eigenvalue weighted by Crippen LogP contribution is -2.30. The van der Waals surface area contributed by atoms with E-state index in [2.05, 4.69) is 20.2 Å². The minimum absolute atomic E-state index is 0.662. The first-order chi connectivity index (χ1) is 9.42. The van der Waals surface area contributed by atoms with Gasteiger partial charge in [0, 0.05) is 24.8 Å². The van der Waals surface area contributed by atoms with Crippen LogP contribution < -0.4 is 15.0 Å². The first-order valence-corrected chi connectivity index (χ1v) is 6.47. The maximum Gasteiger partial charge on any atom is 0.230 e. The number of hydrogen-bond acceptors (Lipinski definition) is 5. The van der Waals surface area contributed by atoms with Gasteiger partial charge in [-0.05, 0) is 12.1 Å². The third kappa shape index (κ3) is 1.74. The predicted octanol–water partition coefficient (Wildman–Crippen LogP) is 1.61. The van der Waals surface area contributed by atoms with Crippen molar-refractivity contribution >= 4 is 11.6 Å². The molecule has 2 aliphatic heterocycles. The van der Waals surface area contributed by atoms with Crippen molar-refractivity contribution in [3.05, 3.63) is 41.7 Å². The van der Waals surface area contributed by atoms with Crippen LogP contribution in [0.2, 0.25) is 0 Å². The number of hydrogen-bond donors (Lipinski definition) is 1. The van der Waals surface area contributed by atoms with Gasteiger partial charge in [-0.25, -0.2) is 9.97 Å². The summed E-state index contributed by atoms with van der Waals surface area (Å²) in [6.45, 7) is 3.14. The second-order valence-electron chi connectivity index (χ2n) is 4.71. The van der Waals surface area contributed by atoms with Crippen molar-refractivity contribution in [2.24, 2.45) is 0 Å². The zero-order valence-corrected chi connectivity index (χ0v) is 10.5. The standard InChI is InChI=1S/C14H14N4O/c1-2-4-13-12(3-1)18(5-6-19-13)14-16-8-10-7-15-9-11(10)17-14/h1-4,8,15H,5-7,9H2. The molecule has 5 nitrogen and oxygen atoms in total. The highest BCUT2D eigenvalue weighted by Crippen LogP contribution is 2.34. The molecule has 0 atom stereocenters. The van der Waals surface area contributed by atoms with Gasteiger partial charge in [0.15, 0.2) is 0 Å². The van der Waals surface area contributed by atoms with E-state index in [4.69, 9.17) is 4.74 Å². The van der Waals surface area contributed by atoms with Crippen LogP contribution in [-0.2, 0) is 13.1 Å². The molecule has 0 fully saturated rings. The van der Waals surface area contributed by atoms with Crippen LogP contribution in [0, 0.1) is 0 Å². The summed E-state index contributed by atoms with van der Waals surface area (Å²) >= 11 is 0. The van der Waals surface area contributed by atoms with Gasteiger partial charge in [-0.15, -0.1) is 0 Å². The summed E-state index contributed by atoms with van der Waals surface area (Å²) in [5.41, 5.74) is 3.35. The Morgan fingerprint density at radius 3 is 3.16 bits per heavy atom. The van der Waals surface area contributed by atoms with Crippen molar-refractivity contribution in [1.29, 1.82) is 0 Å². The number of ether oxygens (including phenoxy) is 1. The van der Waals surface area contributed by atoms with Gasteiger partial charge >= 0.3 is 0 Å². The van der Waals surface area contributed by atoms with Gasteiger partial charge in [0.25, 0.3) is 0 Å². The maximum atomic E-state index is 5.66. The molecule has 4 rings (SSSR count). The van der Waals surface area contributed by atoms with Gasteiger partial charge in [-0.1, -0.05) is 12.1 Å². The molecule has 0 unspecified atom stereocenters. The van der Waals surface area contributed by atoms with Crippen LogP contribution in [0.4, 0.5) is 11.6 Å². The van der Waals surface area contributed by atoms with Gasteiger partial charge in [0.1, 0.15) is 12.4 Å². The molecule has 1 aromatic carbocycles. The van der Waals surface area contributed by atoms with Crippen LogP contribution in [0.3, 0.4) is 0 Å². The van der Waals surface area contributed by atoms with Gasteiger partial charge in [0.05, 0.1) is 17.9 Å². The molecule has 3 heterocycles. The number of anilines is 2. The molecule has 0 bridgehead atoms. The van der Waals surface area contributed by atoms with Crippen molar-refractivity contribution in [2.45, 2.75) is 13.1 Å². The number of rotatable bonds is 1. The van der Waals surface area contributed by atoms with Gasteiger partial charge < -0.3 is 15.0 Å². The van der Waals surface area contributed by atoms with Crippen LogP contribution >= 0.6 is 0 Å². The van der Waals surface area contributed by atoms with E-state index in [9.17, 15) is 0 Å². The van der Waals surface area contributed by atoms with E-state index in [1.54, 1.807) is 0 Å². The van der Waals surface area contributed by atoms with Crippen molar-refractivity contribution in [3.8, 4) is 5.75 Å². The second-order valence-corrected chi connectivity index (χ2v) is 4.71. The van der Waals surface area contributed by atoms with E-state index in [0.717, 1.165) is 42.7 Å². The molecule has 96 valence electrons. The quantitative estimate of drug-likeness (QED) is 0.838. The Hall–Kier alpha value is -2.14. The first kappa shape index (κ1) is 10.8. The van der Waals surface area contributed by atoms with Gasteiger partial charge in [0.2, 0.25) is 5.95 Å². The molecule has 2 aliphatic rings. The Morgan fingerprint density at radius 2 is 2.16 bits per heavy atom. The number of fused-ring (bicyclic) bond motifs is 2. The molecular formula is C14H14N4O. The Kier molecular flexibility index (Phi) is 2.38. The summed E-state index contributed by atoms with van der Waals surface area (Å²) in [6.07, 6.45) is 1.93. The number of para-hydroxylation sites is 2. The molecule has 0 aliphatic carbocycles. The van der Waals surface area contributed by atoms with E-state index >= 15 is 0 Å². The van der Waals surface area contributed by atoms with Crippen molar-refractivity contribution in [1.82, 2.24) is 15.3 Å². The molecule has 0 saturated carbocycles. The zero-order valence-electron chi connectivity index (χ0n) is 10.5. The molecule has 0 spiro atoms. The Balaban J connectivity index is 1.77. The monoisotopic (exact) mass is 254 g/mol. The van der Waals surface area contributed by atoms with Crippen LogP contribution in [0.25, 0.3) is 0 Å². The predicted molar refractivity (Wildman–Crippen MR) is 71.5 cm³/mol. The van der Waals surface area contributed by atoms with Crippen molar-refractivity contribution < 1.29 is 4.74 Å². The molecule has 0 amide bonds. The number of aromatic nitrogens is 2. The number of nitrogens with one attached hydrogen (secondary N) is 1. The topological polar surface area (TPSA) is 50.3 Å². The van der Waals surface area contributed by atoms with E-state index in [0.29, 0.717) is 6.61 Å². The van der Waals surface area contributed by atoms with Crippen LogP contribution in [0.1, 0.15) is 11.3 Å². The largest absolute Gasteiger partial charge is 0.490 e. The van der Waals surface area contributed by atoms with Gasteiger partial charge in [-0.3, -0.25) is 0 Å². The maximum absolute atomic E-state index is 5.66. The lowest BCUT2D eigenvalue weighted by molar-refractivity contribution is 0.313. The van der Waals surface area contributed by atoms with Gasteiger partial charge in [-0.2, -0.15) is 0 Å². The SMILES string of the molecule is c1ccc2c(c1)OCCN2c1ncc2c(n1)CNC2. The summed E-state index contributed by atoms with van der Waals surface area (Å²) in [5, 5.41) is 3.29. The Labute approximate surface area is 111 Å². The lowest BCUT2D eigenvalue weighted by Gasteiger charge is -2.29. The summed E-state index contributed by atoms with van der Waals surface area (Å²) < 4.78 is 5.66. The molecule has 19 heavy (non-hydrogen) atoms.